The lowest BCUT2D eigenvalue weighted by atomic mass is 10.1. The van der Waals surface area contributed by atoms with Crippen LogP contribution >= 0.6 is 0 Å². The van der Waals surface area contributed by atoms with Crippen LogP contribution in [0.15, 0.2) is 51.9 Å². The number of nitrogens with zero attached hydrogens (tertiary/aromatic N) is 3. The van der Waals surface area contributed by atoms with Gasteiger partial charge >= 0.3 is 5.63 Å². The maximum absolute atomic E-state index is 12.8. The van der Waals surface area contributed by atoms with E-state index in [9.17, 15) is 4.79 Å². The first kappa shape index (κ1) is 18.9. The number of pyridine rings is 1. The second-order valence-corrected chi connectivity index (χ2v) is 8.60. The minimum atomic E-state index is -0.362. The molecule has 154 valence electrons. The highest BCUT2D eigenvalue weighted by molar-refractivity contribution is 5.84. The average Bonchev–Trinajstić information content (AvgIpc) is 3.10. The van der Waals surface area contributed by atoms with E-state index in [1.807, 2.05) is 48.8 Å². The first-order chi connectivity index (χ1) is 14.4. The molecular formula is C24H26N4O2. The van der Waals surface area contributed by atoms with Crippen LogP contribution in [0.25, 0.3) is 27.9 Å². The van der Waals surface area contributed by atoms with Crippen molar-refractivity contribution < 1.29 is 4.42 Å². The highest BCUT2D eigenvalue weighted by atomic mass is 16.4. The molecule has 5 rings (SSSR count). The van der Waals surface area contributed by atoms with Gasteiger partial charge in [0, 0.05) is 54.7 Å². The van der Waals surface area contributed by atoms with Gasteiger partial charge in [-0.3, -0.25) is 0 Å². The fraction of sp³-hybridized carbons (Fsp3) is 0.333. The molecule has 1 saturated heterocycles. The van der Waals surface area contributed by atoms with Crippen molar-refractivity contribution in [3.05, 3.63) is 64.3 Å². The van der Waals surface area contributed by atoms with Crippen molar-refractivity contribution in [2.75, 3.05) is 18.0 Å². The molecule has 0 amide bonds. The second kappa shape index (κ2) is 6.99. The van der Waals surface area contributed by atoms with E-state index >= 15 is 0 Å². The maximum atomic E-state index is 12.8. The summed E-state index contributed by atoms with van der Waals surface area (Å²) in [5, 5.41) is 4.44. The summed E-state index contributed by atoms with van der Waals surface area (Å²) < 4.78 is 7.71. The van der Waals surface area contributed by atoms with Gasteiger partial charge in [0.15, 0.2) is 0 Å². The number of benzene rings is 1. The van der Waals surface area contributed by atoms with Crippen molar-refractivity contribution in [1.29, 1.82) is 0 Å². The Hall–Kier alpha value is -3.12. The Morgan fingerprint density at radius 1 is 1.07 bits per heavy atom. The molecule has 1 unspecified atom stereocenters. The second-order valence-electron chi connectivity index (χ2n) is 8.60. The Bertz CT molecular complexity index is 1310. The lowest BCUT2D eigenvalue weighted by Gasteiger charge is -2.37. The molecule has 1 aliphatic heterocycles. The van der Waals surface area contributed by atoms with E-state index in [0.29, 0.717) is 28.9 Å². The van der Waals surface area contributed by atoms with Crippen LogP contribution in [-0.2, 0) is 0 Å². The van der Waals surface area contributed by atoms with Crippen LogP contribution in [0.1, 0.15) is 25.0 Å². The molecule has 0 spiro atoms. The molecule has 6 nitrogen and oxygen atoms in total. The van der Waals surface area contributed by atoms with Gasteiger partial charge in [-0.25, -0.2) is 9.78 Å². The highest BCUT2D eigenvalue weighted by Crippen LogP contribution is 2.26. The predicted octanol–water partition coefficient (Wildman–Crippen LogP) is 3.91. The molecule has 1 aromatic carbocycles. The summed E-state index contributed by atoms with van der Waals surface area (Å²) in [6.45, 7) is 10.3. The third-order valence-corrected chi connectivity index (χ3v) is 5.79. The number of aromatic nitrogens is 2. The van der Waals surface area contributed by atoms with Crippen LogP contribution in [0.4, 0.5) is 5.69 Å². The Morgan fingerprint density at radius 3 is 2.60 bits per heavy atom. The summed E-state index contributed by atoms with van der Waals surface area (Å²) in [5.41, 5.74) is 5.53. The monoisotopic (exact) mass is 402 g/mol. The lowest BCUT2D eigenvalue weighted by Crippen LogP contribution is -2.54. The number of hydrogen-bond acceptors (Lipinski definition) is 5. The van der Waals surface area contributed by atoms with Crippen LogP contribution in [0, 0.1) is 13.8 Å². The summed E-state index contributed by atoms with van der Waals surface area (Å²) in [4.78, 5) is 19.8. The van der Waals surface area contributed by atoms with Crippen LogP contribution < -0.4 is 15.8 Å². The van der Waals surface area contributed by atoms with E-state index in [4.69, 9.17) is 4.42 Å². The standard InChI is InChI=1S/C24H26N4O2/c1-14-7-15(2)23-26-21(13-28(23)10-14)20-8-18-5-6-19(9-22(18)30-24(20)29)27-11-16(3)25-17(4)12-27/h5-10,13,16-17,25H,11-12H2,1-4H3/t16-,17?/m0/s1. The molecule has 0 bridgehead atoms. The van der Waals surface area contributed by atoms with Crippen LogP contribution in [0.3, 0.4) is 0 Å². The first-order valence-corrected chi connectivity index (χ1v) is 10.4. The summed E-state index contributed by atoms with van der Waals surface area (Å²) in [7, 11) is 0. The fourth-order valence-electron chi connectivity index (χ4n) is 4.59. The predicted molar refractivity (Wildman–Crippen MR) is 120 cm³/mol. The third kappa shape index (κ3) is 3.27. The zero-order valence-corrected chi connectivity index (χ0v) is 17.8. The van der Waals surface area contributed by atoms with Crippen molar-refractivity contribution in [2.45, 2.75) is 39.8 Å². The van der Waals surface area contributed by atoms with Crippen molar-refractivity contribution in [3.8, 4) is 11.3 Å². The van der Waals surface area contributed by atoms with Gasteiger partial charge in [0.05, 0.1) is 11.3 Å². The van der Waals surface area contributed by atoms with Gasteiger partial charge in [0.2, 0.25) is 0 Å². The normalized spacial score (nSPS) is 19.7. The van der Waals surface area contributed by atoms with E-state index in [-0.39, 0.29) is 5.63 Å². The van der Waals surface area contributed by atoms with E-state index in [1.165, 1.54) is 0 Å². The molecule has 6 heteroatoms. The number of fused-ring (bicyclic) bond motifs is 2. The Balaban J connectivity index is 1.56. The molecule has 0 radical (unpaired) electrons. The van der Waals surface area contributed by atoms with Crippen LogP contribution in [0.5, 0.6) is 0 Å². The van der Waals surface area contributed by atoms with E-state index in [0.717, 1.165) is 40.9 Å². The largest absolute Gasteiger partial charge is 0.422 e. The molecule has 2 atom stereocenters. The van der Waals surface area contributed by atoms with E-state index < -0.39 is 0 Å². The third-order valence-electron chi connectivity index (χ3n) is 5.79. The molecular weight excluding hydrogens is 376 g/mol. The summed E-state index contributed by atoms with van der Waals surface area (Å²) in [6.07, 6.45) is 3.91. The summed E-state index contributed by atoms with van der Waals surface area (Å²) >= 11 is 0. The molecule has 1 fully saturated rings. The fourth-order valence-corrected chi connectivity index (χ4v) is 4.59. The van der Waals surface area contributed by atoms with E-state index in [2.05, 4.69) is 41.2 Å². The number of anilines is 1. The Morgan fingerprint density at radius 2 is 1.83 bits per heavy atom. The molecule has 3 aromatic heterocycles. The Labute approximate surface area is 175 Å². The van der Waals surface area contributed by atoms with Gasteiger partial charge in [-0.1, -0.05) is 6.07 Å². The SMILES string of the molecule is Cc1cc(C)c2nc(-c3cc4ccc(N5CC(C)N[C@@H](C)C5)cc4oc3=O)cn2c1. The highest BCUT2D eigenvalue weighted by Gasteiger charge is 2.22. The molecule has 0 aliphatic carbocycles. The number of rotatable bonds is 2. The van der Waals surface area contributed by atoms with Gasteiger partial charge in [-0.15, -0.1) is 0 Å². The molecule has 0 saturated carbocycles. The number of piperazine rings is 1. The number of hydrogen-bond donors (Lipinski definition) is 1. The maximum Gasteiger partial charge on any atom is 0.345 e. The first-order valence-electron chi connectivity index (χ1n) is 10.4. The Kier molecular flexibility index (Phi) is 4.40. The van der Waals surface area contributed by atoms with Gasteiger partial charge in [0.25, 0.3) is 0 Å². The van der Waals surface area contributed by atoms with Crippen molar-refractivity contribution in [2.24, 2.45) is 0 Å². The number of nitrogens with one attached hydrogen (secondary N) is 1. The molecule has 1 aliphatic rings. The van der Waals surface area contributed by atoms with Gasteiger partial charge in [-0.2, -0.15) is 0 Å². The summed E-state index contributed by atoms with van der Waals surface area (Å²) in [5.74, 6) is 0. The van der Waals surface area contributed by atoms with Crippen molar-refractivity contribution in [1.82, 2.24) is 14.7 Å². The van der Waals surface area contributed by atoms with E-state index in [1.54, 1.807) is 0 Å². The number of imidazole rings is 1. The molecule has 1 N–H and O–H groups in total. The minimum Gasteiger partial charge on any atom is -0.422 e. The lowest BCUT2D eigenvalue weighted by molar-refractivity contribution is 0.407. The average molecular weight is 402 g/mol. The minimum absolute atomic E-state index is 0.362. The zero-order chi connectivity index (χ0) is 21.0. The quantitative estimate of drug-likeness (QED) is 0.515. The molecule has 30 heavy (non-hydrogen) atoms. The summed E-state index contributed by atoms with van der Waals surface area (Å²) in [6, 6.07) is 10.9. The zero-order valence-electron chi connectivity index (χ0n) is 17.8. The van der Waals surface area contributed by atoms with Crippen molar-refractivity contribution in [3.63, 3.8) is 0 Å². The smallest absolute Gasteiger partial charge is 0.345 e. The van der Waals surface area contributed by atoms with Gasteiger partial charge < -0.3 is 19.0 Å². The van der Waals surface area contributed by atoms with Crippen molar-refractivity contribution >= 4 is 22.3 Å². The molecule has 4 aromatic rings. The molecule has 4 heterocycles. The van der Waals surface area contributed by atoms with Gasteiger partial charge in [-0.05, 0) is 57.0 Å². The van der Waals surface area contributed by atoms with Gasteiger partial charge in [0.1, 0.15) is 11.2 Å². The van der Waals surface area contributed by atoms with Crippen LogP contribution in [-0.4, -0.2) is 34.6 Å². The topological polar surface area (TPSA) is 62.8 Å². The number of aryl methyl sites for hydroxylation is 2. The van der Waals surface area contributed by atoms with Crippen LogP contribution in [0.2, 0.25) is 0 Å².